The maximum Gasteiger partial charge on any atom is 0.263 e. The Hall–Kier alpha value is -1.90. The first-order valence-corrected chi connectivity index (χ1v) is 10.2. The first-order valence-electron chi connectivity index (χ1n) is 7.00. The van der Waals surface area contributed by atoms with Crippen molar-refractivity contribution in [3.63, 3.8) is 0 Å². The minimum Gasteiger partial charge on any atom is -0.331 e. The molecule has 24 heavy (non-hydrogen) atoms. The average molecular weight is 424 g/mol. The number of anilines is 3. The zero-order valence-electron chi connectivity index (χ0n) is 12.7. The van der Waals surface area contributed by atoms with Crippen LogP contribution in [0.25, 0.3) is 0 Å². The van der Waals surface area contributed by atoms with Crippen molar-refractivity contribution < 1.29 is 8.42 Å². The molecule has 0 spiro atoms. The summed E-state index contributed by atoms with van der Waals surface area (Å²) in [4.78, 5) is 4.53. The van der Waals surface area contributed by atoms with E-state index in [0.717, 1.165) is 16.5 Å². The number of aryl methyl sites for hydroxylation is 1. The van der Waals surface area contributed by atoms with E-state index in [1.54, 1.807) is 42.5 Å². The van der Waals surface area contributed by atoms with Crippen molar-refractivity contribution in [2.24, 2.45) is 0 Å². The van der Waals surface area contributed by atoms with Crippen LogP contribution in [0, 0.1) is 6.92 Å². The number of halogens is 1. The summed E-state index contributed by atoms with van der Waals surface area (Å²) < 4.78 is 28.2. The van der Waals surface area contributed by atoms with Crippen LogP contribution in [0.4, 0.5) is 16.5 Å². The highest BCUT2D eigenvalue weighted by Crippen LogP contribution is 2.26. The van der Waals surface area contributed by atoms with Gasteiger partial charge in [0.1, 0.15) is 4.90 Å². The topological polar surface area (TPSA) is 71.1 Å². The van der Waals surface area contributed by atoms with E-state index in [9.17, 15) is 8.42 Å². The van der Waals surface area contributed by atoms with Crippen molar-refractivity contribution in [1.29, 1.82) is 0 Å². The van der Waals surface area contributed by atoms with Gasteiger partial charge in [-0.1, -0.05) is 18.2 Å². The Morgan fingerprint density at radius 1 is 1.08 bits per heavy atom. The Bertz CT molecular complexity index is 971. The van der Waals surface area contributed by atoms with Crippen molar-refractivity contribution in [2.45, 2.75) is 11.8 Å². The van der Waals surface area contributed by atoms with Crippen LogP contribution in [0.5, 0.6) is 0 Å². The smallest absolute Gasteiger partial charge is 0.263 e. The molecule has 8 heteroatoms. The molecule has 2 aromatic carbocycles. The second-order valence-electron chi connectivity index (χ2n) is 5.04. The molecule has 0 amide bonds. The highest BCUT2D eigenvalue weighted by Gasteiger charge is 2.17. The monoisotopic (exact) mass is 423 g/mol. The summed E-state index contributed by atoms with van der Waals surface area (Å²) in [6.07, 6.45) is 0. The van der Waals surface area contributed by atoms with Crippen molar-refractivity contribution in [2.75, 3.05) is 10.0 Å². The number of hydrogen-bond acceptors (Lipinski definition) is 5. The van der Waals surface area contributed by atoms with Crippen molar-refractivity contribution in [3.8, 4) is 0 Å². The molecular formula is C16H14BrN3O2S2. The van der Waals surface area contributed by atoms with E-state index in [-0.39, 0.29) is 4.90 Å². The fourth-order valence-corrected chi connectivity index (χ4v) is 4.83. The van der Waals surface area contributed by atoms with Crippen molar-refractivity contribution in [3.05, 3.63) is 64.1 Å². The lowest BCUT2D eigenvalue weighted by molar-refractivity contribution is 0.601. The van der Waals surface area contributed by atoms with Crippen LogP contribution in [-0.4, -0.2) is 13.4 Å². The normalized spacial score (nSPS) is 11.2. The van der Waals surface area contributed by atoms with Gasteiger partial charge in [0, 0.05) is 15.5 Å². The molecule has 0 saturated carbocycles. The second kappa shape index (κ2) is 6.92. The zero-order valence-corrected chi connectivity index (χ0v) is 15.9. The van der Waals surface area contributed by atoms with Crippen LogP contribution in [0.2, 0.25) is 0 Å². The maximum absolute atomic E-state index is 12.5. The lowest BCUT2D eigenvalue weighted by Gasteiger charge is -2.11. The minimum atomic E-state index is -3.67. The highest BCUT2D eigenvalue weighted by atomic mass is 79.9. The molecule has 2 N–H and O–H groups in total. The maximum atomic E-state index is 12.5. The quantitative estimate of drug-likeness (QED) is 0.620. The van der Waals surface area contributed by atoms with Gasteiger partial charge in [0.05, 0.1) is 11.4 Å². The third-order valence-corrected chi connectivity index (χ3v) is 6.38. The number of nitrogens with zero attached hydrogens (tertiary/aromatic N) is 1. The molecule has 0 unspecified atom stereocenters. The predicted molar refractivity (Wildman–Crippen MR) is 102 cm³/mol. The number of thiazole rings is 1. The van der Waals surface area contributed by atoms with Gasteiger partial charge in [-0.15, -0.1) is 11.3 Å². The fraction of sp³-hybridized carbons (Fsp3) is 0.0625. The second-order valence-corrected chi connectivity index (χ2v) is 8.40. The SMILES string of the molecule is Cc1csc(Nc2cccc(NS(=O)(=O)c3ccccc3Br)c2)n1. The third kappa shape index (κ3) is 3.95. The third-order valence-electron chi connectivity index (χ3n) is 3.11. The molecule has 0 saturated heterocycles. The van der Waals surface area contributed by atoms with Gasteiger partial charge in [-0.05, 0) is 53.2 Å². The van der Waals surface area contributed by atoms with Gasteiger partial charge in [0.2, 0.25) is 0 Å². The van der Waals surface area contributed by atoms with Crippen LogP contribution in [0.15, 0.2) is 63.3 Å². The number of rotatable bonds is 5. The molecule has 3 aromatic rings. The Morgan fingerprint density at radius 3 is 2.54 bits per heavy atom. The largest absolute Gasteiger partial charge is 0.331 e. The van der Waals surface area contributed by atoms with Gasteiger partial charge in [-0.3, -0.25) is 4.72 Å². The summed E-state index contributed by atoms with van der Waals surface area (Å²) in [6, 6.07) is 13.8. The molecule has 1 heterocycles. The van der Waals surface area contributed by atoms with E-state index >= 15 is 0 Å². The van der Waals surface area contributed by atoms with Crippen LogP contribution >= 0.6 is 27.3 Å². The molecule has 3 rings (SSSR count). The number of hydrogen-bond donors (Lipinski definition) is 2. The molecule has 0 atom stereocenters. The van der Waals surface area contributed by atoms with E-state index in [2.05, 4.69) is 31.0 Å². The molecule has 0 fully saturated rings. The summed E-state index contributed by atoms with van der Waals surface area (Å²) in [5.41, 5.74) is 2.17. The van der Waals surface area contributed by atoms with Crippen molar-refractivity contribution >= 4 is 53.8 Å². The van der Waals surface area contributed by atoms with Gasteiger partial charge in [0.25, 0.3) is 10.0 Å². The molecule has 0 bridgehead atoms. The lowest BCUT2D eigenvalue weighted by atomic mass is 10.3. The standard InChI is InChI=1S/C16H14BrN3O2S2/c1-11-10-23-16(18-11)19-12-5-4-6-13(9-12)20-24(21,22)15-8-3-2-7-14(15)17/h2-10,20H,1H3,(H,18,19). The van der Waals surface area contributed by atoms with Gasteiger partial charge in [-0.2, -0.15) is 0 Å². The van der Waals surface area contributed by atoms with Crippen molar-refractivity contribution in [1.82, 2.24) is 4.98 Å². The summed E-state index contributed by atoms with van der Waals surface area (Å²) in [5.74, 6) is 0. The van der Waals surface area contributed by atoms with Crippen LogP contribution in [-0.2, 0) is 10.0 Å². The van der Waals surface area contributed by atoms with E-state index in [1.165, 1.54) is 11.3 Å². The summed E-state index contributed by atoms with van der Waals surface area (Å²) in [6.45, 7) is 1.92. The highest BCUT2D eigenvalue weighted by molar-refractivity contribution is 9.10. The first-order chi connectivity index (χ1) is 11.4. The average Bonchev–Trinajstić information content (AvgIpc) is 2.92. The lowest BCUT2D eigenvalue weighted by Crippen LogP contribution is -2.13. The molecule has 5 nitrogen and oxygen atoms in total. The van der Waals surface area contributed by atoms with E-state index in [4.69, 9.17) is 0 Å². The Labute approximate surface area is 152 Å². The number of benzene rings is 2. The Morgan fingerprint density at radius 2 is 1.83 bits per heavy atom. The molecule has 124 valence electrons. The number of nitrogens with one attached hydrogen (secondary N) is 2. The van der Waals surface area contributed by atoms with E-state index in [0.29, 0.717) is 10.2 Å². The summed E-state index contributed by atoms with van der Waals surface area (Å²) in [5, 5.41) is 5.87. The fourth-order valence-electron chi connectivity index (χ4n) is 2.07. The number of aromatic nitrogens is 1. The van der Waals surface area contributed by atoms with Gasteiger partial charge >= 0.3 is 0 Å². The molecule has 1 aromatic heterocycles. The summed E-state index contributed by atoms with van der Waals surface area (Å²) >= 11 is 4.76. The van der Waals surface area contributed by atoms with Crippen LogP contribution < -0.4 is 10.0 Å². The zero-order chi connectivity index (χ0) is 17.2. The Kier molecular flexibility index (Phi) is 4.88. The van der Waals surface area contributed by atoms with Crippen LogP contribution in [0.3, 0.4) is 0 Å². The van der Waals surface area contributed by atoms with E-state index < -0.39 is 10.0 Å². The van der Waals surface area contributed by atoms with E-state index in [1.807, 2.05) is 18.4 Å². The first kappa shape index (κ1) is 16.9. The predicted octanol–water partition coefficient (Wildman–Crippen LogP) is 4.76. The molecular weight excluding hydrogens is 410 g/mol. The summed E-state index contributed by atoms with van der Waals surface area (Å²) in [7, 11) is -3.67. The van der Waals surface area contributed by atoms with Gasteiger partial charge in [0.15, 0.2) is 5.13 Å². The molecule has 0 aliphatic carbocycles. The van der Waals surface area contributed by atoms with Crippen LogP contribution in [0.1, 0.15) is 5.69 Å². The van der Waals surface area contributed by atoms with Gasteiger partial charge < -0.3 is 5.32 Å². The molecule has 0 aliphatic heterocycles. The van der Waals surface area contributed by atoms with Gasteiger partial charge in [-0.25, -0.2) is 13.4 Å². The number of sulfonamides is 1. The molecule has 0 aliphatic rings. The minimum absolute atomic E-state index is 0.193. The molecule has 0 radical (unpaired) electrons. The Balaban J connectivity index is 1.83.